The molecule has 1 aromatic carbocycles. The maximum atomic E-state index is 13.7. The zero-order chi connectivity index (χ0) is 16.6. The number of rotatable bonds is 2. The summed E-state index contributed by atoms with van der Waals surface area (Å²) in [4.78, 5) is 21.7. The van der Waals surface area contributed by atoms with Crippen LogP contribution in [0.15, 0.2) is 28.2 Å². The summed E-state index contributed by atoms with van der Waals surface area (Å²) in [6, 6.07) is 4.10. The van der Waals surface area contributed by atoms with Crippen LogP contribution in [0.2, 0.25) is 0 Å². The predicted molar refractivity (Wildman–Crippen MR) is 88.1 cm³/mol. The number of benzene rings is 1. The second-order valence-corrected chi connectivity index (χ2v) is 6.10. The topological polar surface area (TPSA) is 97.1 Å². The van der Waals surface area contributed by atoms with Crippen molar-refractivity contribution in [2.24, 2.45) is 21.5 Å². The molecule has 122 valence electrons. The Balaban J connectivity index is 2.10. The Morgan fingerprint density at radius 1 is 1.26 bits per heavy atom. The molecular formula is C15H17ClFN5O. The van der Waals surface area contributed by atoms with Crippen LogP contribution in [0.25, 0.3) is 0 Å². The maximum Gasteiger partial charge on any atom is 0.255 e. The Morgan fingerprint density at radius 3 is 2.61 bits per heavy atom. The number of hydrogen-bond donors (Lipinski definition) is 2. The summed E-state index contributed by atoms with van der Waals surface area (Å²) in [7, 11) is 0. The van der Waals surface area contributed by atoms with Gasteiger partial charge in [0.1, 0.15) is 11.5 Å². The van der Waals surface area contributed by atoms with E-state index in [1.54, 1.807) is 4.90 Å². The molecule has 1 fully saturated rings. The van der Waals surface area contributed by atoms with Crippen LogP contribution in [-0.4, -0.2) is 22.8 Å². The number of nitrogens with two attached hydrogens (primary N) is 2. The first kappa shape index (κ1) is 15.7. The van der Waals surface area contributed by atoms with Gasteiger partial charge in [-0.3, -0.25) is 9.69 Å². The van der Waals surface area contributed by atoms with E-state index in [-0.39, 0.29) is 17.5 Å². The molecule has 3 rings (SSSR count). The van der Waals surface area contributed by atoms with Gasteiger partial charge in [0, 0.05) is 5.69 Å². The SMILES string of the molecule is NC1=NC2(CCCCC2)N(c2ccc(F)c(C(=O)Cl)c2)C(N)=N1. The van der Waals surface area contributed by atoms with Gasteiger partial charge in [-0.05, 0) is 55.5 Å². The second-order valence-electron chi connectivity index (χ2n) is 5.76. The Kier molecular flexibility index (Phi) is 3.97. The van der Waals surface area contributed by atoms with Crippen LogP contribution in [0, 0.1) is 5.82 Å². The van der Waals surface area contributed by atoms with Crippen LogP contribution < -0.4 is 16.4 Å². The average molecular weight is 338 g/mol. The first-order chi connectivity index (χ1) is 10.9. The average Bonchev–Trinajstić information content (AvgIpc) is 2.48. The second kappa shape index (κ2) is 5.81. The van der Waals surface area contributed by atoms with Gasteiger partial charge in [-0.1, -0.05) is 6.42 Å². The zero-order valence-corrected chi connectivity index (χ0v) is 13.2. The summed E-state index contributed by atoms with van der Waals surface area (Å²) in [5, 5.41) is -0.863. The summed E-state index contributed by atoms with van der Waals surface area (Å²) in [6.07, 6.45) is 4.57. The number of aliphatic imine (C=N–C) groups is 2. The van der Waals surface area contributed by atoms with Crippen molar-refractivity contribution in [1.29, 1.82) is 0 Å². The quantitative estimate of drug-likeness (QED) is 0.809. The van der Waals surface area contributed by atoms with E-state index in [9.17, 15) is 9.18 Å². The van der Waals surface area contributed by atoms with E-state index in [0.717, 1.165) is 32.1 Å². The van der Waals surface area contributed by atoms with E-state index in [0.29, 0.717) is 5.69 Å². The fourth-order valence-corrected chi connectivity index (χ4v) is 3.44. The molecule has 0 atom stereocenters. The molecule has 1 aliphatic carbocycles. The van der Waals surface area contributed by atoms with E-state index in [4.69, 9.17) is 23.1 Å². The van der Waals surface area contributed by atoms with Crippen molar-refractivity contribution in [2.75, 3.05) is 4.90 Å². The van der Waals surface area contributed by atoms with E-state index < -0.39 is 16.7 Å². The summed E-state index contributed by atoms with van der Waals surface area (Å²) >= 11 is 5.45. The number of carbonyl (C=O) groups excluding carboxylic acids is 1. The predicted octanol–water partition coefficient (Wildman–Crippen LogP) is 2.31. The van der Waals surface area contributed by atoms with Crippen LogP contribution >= 0.6 is 11.6 Å². The van der Waals surface area contributed by atoms with E-state index in [1.807, 2.05) is 0 Å². The van der Waals surface area contributed by atoms with Gasteiger partial charge in [0.2, 0.25) is 11.9 Å². The third kappa shape index (κ3) is 2.76. The third-order valence-corrected chi connectivity index (χ3v) is 4.47. The molecule has 0 radical (unpaired) electrons. The molecule has 1 spiro atoms. The highest BCUT2D eigenvalue weighted by molar-refractivity contribution is 6.67. The lowest BCUT2D eigenvalue weighted by Gasteiger charge is -2.45. The molecule has 0 aromatic heterocycles. The number of guanidine groups is 2. The highest BCUT2D eigenvalue weighted by atomic mass is 35.5. The third-order valence-electron chi connectivity index (χ3n) is 4.27. The van der Waals surface area contributed by atoms with Gasteiger partial charge < -0.3 is 11.5 Å². The van der Waals surface area contributed by atoms with E-state index in [2.05, 4.69) is 9.98 Å². The highest BCUT2D eigenvalue weighted by Gasteiger charge is 2.42. The van der Waals surface area contributed by atoms with Crippen LogP contribution in [0.4, 0.5) is 10.1 Å². The van der Waals surface area contributed by atoms with Gasteiger partial charge >= 0.3 is 0 Å². The molecule has 6 nitrogen and oxygen atoms in total. The first-order valence-electron chi connectivity index (χ1n) is 7.42. The number of nitrogens with zero attached hydrogens (tertiary/aromatic N) is 3. The normalized spacial score (nSPS) is 20.2. The standard InChI is InChI=1S/C15H17ClFN5O/c16-12(23)10-8-9(4-5-11(10)17)22-14(19)20-13(18)21-15(22)6-2-1-3-7-15/h4-5,8H,1-3,6-7H2,(H4,18,19,20,21). The molecular weight excluding hydrogens is 321 g/mol. The number of halogens is 2. The monoisotopic (exact) mass is 337 g/mol. The lowest BCUT2D eigenvalue weighted by atomic mass is 9.87. The summed E-state index contributed by atoms with van der Waals surface area (Å²) < 4.78 is 13.7. The molecule has 1 aliphatic heterocycles. The minimum absolute atomic E-state index is 0.136. The van der Waals surface area contributed by atoms with Crippen LogP contribution in [0.1, 0.15) is 42.5 Å². The van der Waals surface area contributed by atoms with Crippen molar-refractivity contribution >= 4 is 34.4 Å². The minimum Gasteiger partial charge on any atom is -0.369 e. The Hall–Kier alpha value is -2.15. The summed E-state index contributed by atoms with van der Waals surface area (Å²) in [5.41, 5.74) is 11.5. The summed E-state index contributed by atoms with van der Waals surface area (Å²) in [6.45, 7) is 0. The van der Waals surface area contributed by atoms with Gasteiger partial charge in [-0.15, -0.1) is 0 Å². The molecule has 8 heteroatoms. The minimum atomic E-state index is -0.863. The van der Waals surface area contributed by atoms with Crippen LogP contribution in [0.5, 0.6) is 0 Å². The summed E-state index contributed by atoms with van der Waals surface area (Å²) in [5.74, 6) is -0.364. The molecule has 1 saturated carbocycles. The fraction of sp³-hybridized carbons (Fsp3) is 0.400. The van der Waals surface area contributed by atoms with E-state index >= 15 is 0 Å². The Morgan fingerprint density at radius 2 is 1.96 bits per heavy atom. The lowest BCUT2D eigenvalue weighted by molar-refractivity contribution is 0.107. The molecule has 0 amide bonds. The molecule has 0 saturated heterocycles. The Bertz CT molecular complexity index is 712. The van der Waals surface area contributed by atoms with Crippen molar-refractivity contribution in [3.63, 3.8) is 0 Å². The lowest BCUT2D eigenvalue weighted by Crippen LogP contribution is -2.58. The van der Waals surface area contributed by atoms with Gasteiger partial charge in [-0.25, -0.2) is 9.38 Å². The van der Waals surface area contributed by atoms with Crippen molar-refractivity contribution < 1.29 is 9.18 Å². The van der Waals surface area contributed by atoms with Gasteiger partial charge in [0.15, 0.2) is 0 Å². The zero-order valence-electron chi connectivity index (χ0n) is 12.4. The number of anilines is 1. The molecule has 2 aliphatic rings. The first-order valence-corrected chi connectivity index (χ1v) is 7.80. The highest BCUT2D eigenvalue weighted by Crippen LogP contribution is 2.39. The molecule has 23 heavy (non-hydrogen) atoms. The largest absolute Gasteiger partial charge is 0.369 e. The van der Waals surface area contributed by atoms with E-state index in [1.165, 1.54) is 18.2 Å². The van der Waals surface area contributed by atoms with Crippen molar-refractivity contribution in [3.8, 4) is 0 Å². The molecule has 4 N–H and O–H groups in total. The van der Waals surface area contributed by atoms with Crippen LogP contribution in [0.3, 0.4) is 0 Å². The van der Waals surface area contributed by atoms with Crippen molar-refractivity contribution in [1.82, 2.24) is 0 Å². The van der Waals surface area contributed by atoms with Gasteiger partial charge in [-0.2, -0.15) is 4.99 Å². The molecule has 0 unspecified atom stereocenters. The number of carbonyl (C=O) groups is 1. The molecule has 1 heterocycles. The maximum absolute atomic E-state index is 13.7. The number of hydrogen-bond acceptors (Lipinski definition) is 6. The molecule has 1 aromatic rings. The smallest absolute Gasteiger partial charge is 0.255 e. The fourth-order valence-electron chi connectivity index (χ4n) is 3.30. The van der Waals surface area contributed by atoms with Crippen molar-refractivity contribution in [3.05, 3.63) is 29.6 Å². The van der Waals surface area contributed by atoms with Crippen LogP contribution in [-0.2, 0) is 0 Å². The van der Waals surface area contributed by atoms with Gasteiger partial charge in [0.25, 0.3) is 5.24 Å². The van der Waals surface area contributed by atoms with Gasteiger partial charge in [0.05, 0.1) is 5.56 Å². The Labute approximate surface area is 138 Å². The van der Waals surface area contributed by atoms with Crippen molar-refractivity contribution in [2.45, 2.75) is 37.8 Å². The molecule has 0 bridgehead atoms.